The van der Waals surface area contributed by atoms with Crippen LogP contribution in [0.5, 0.6) is 0 Å². The van der Waals surface area contributed by atoms with Crippen molar-refractivity contribution in [3.8, 4) is 11.8 Å². The van der Waals surface area contributed by atoms with E-state index >= 15 is 0 Å². The maximum atomic E-state index is 12.4. The third-order valence-corrected chi connectivity index (χ3v) is 8.03. The van der Waals surface area contributed by atoms with Crippen molar-refractivity contribution in [3.05, 3.63) is 30.2 Å². The second-order valence-corrected chi connectivity index (χ2v) is 11.2. The topological polar surface area (TPSA) is 250 Å². The number of ether oxygens (including phenoxy) is 2. The quantitative estimate of drug-likeness (QED) is 0.0639. The smallest absolute Gasteiger partial charge is 0.487 e. The molecule has 0 aromatic carbocycles. The molecule has 2 aliphatic rings. The lowest BCUT2D eigenvalue weighted by Crippen LogP contribution is -2.44. The number of rotatable bonds is 10. The first-order valence-corrected chi connectivity index (χ1v) is 13.9. The van der Waals surface area contributed by atoms with E-state index in [2.05, 4.69) is 42.6 Å². The molecule has 0 radical (unpaired) electrons. The average molecular weight is 558 g/mol. The van der Waals surface area contributed by atoms with Gasteiger partial charge in [0.15, 0.2) is 0 Å². The molecule has 0 aromatic heterocycles. The van der Waals surface area contributed by atoms with Crippen molar-refractivity contribution in [2.75, 3.05) is 13.2 Å². The van der Waals surface area contributed by atoms with Crippen LogP contribution >= 0.6 is 23.5 Å². The Bertz CT molecular complexity index is 1130. The van der Waals surface area contributed by atoms with Crippen molar-refractivity contribution < 1.29 is 65.5 Å². The predicted octanol–water partition coefficient (Wildman–Crippen LogP) is -0.668. The molecule has 2 rings (SSSR count). The van der Waals surface area contributed by atoms with Crippen molar-refractivity contribution in [1.29, 1.82) is 0 Å². The number of carbonyl (C=O) groups excluding carboxylic acids is 2. The molecule has 0 aromatic rings. The maximum Gasteiger partial charge on any atom is 0.490 e. The van der Waals surface area contributed by atoms with Crippen LogP contribution in [0.1, 0.15) is 6.42 Å². The Morgan fingerprint density at radius 2 is 1.89 bits per heavy atom. The Morgan fingerprint density at radius 1 is 1.20 bits per heavy atom. The molecule has 0 bridgehead atoms. The summed E-state index contributed by atoms with van der Waals surface area (Å²) in [6, 6.07) is 0. The number of phosphoric acid groups is 3. The number of hydrogen-bond acceptors (Lipinski definition) is 11. The Kier molecular flexibility index (Phi) is 9.96. The molecule has 3 unspecified atom stereocenters. The molecule has 6 atom stereocenters. The first-order chi connectivity index (χ1) is 16.2. The lowest BCUT2D eigenvalue weighted by molar-refractivity contribution is -0.134. The summed E-state index contributed by atoms with van der Waals surface area (Å²) in [4.78, 5) is 60.3. The molecule has 2 aliphatic heterocycles. The highest BCUT2D eigenvalue weighted by molar-refractivity contribution is 7.66. The highest BCUT2D eigenvalue weighted by Gasteiger charge is 2.46. The van der Waals surface area contributed by atoms with Crippen molar-refractivity contribution >= 4 is 35.3 Å². The van der Waals surface area contributed by atoms with E-state index < -0.39 is 66.1 Å². The average Bonchev–Trinajstić information content (AvgIpc) is 3.10. The van der Waals surface area contributed by atoms with Gasteiger partial charge in [-0.3, -0.25) is 19.4 Å². The maximum absolute atomic E-state index is 12.4. The monoisotopic (exact) mass is 558 g/mol. The number of amides is 2. The van der Waals surface area contributed by atoms with Gasteiger partial charge in [-0.1, -0.05) is 24.2 Å². The van der Waals surface area contributed by atoms with Gasteiger partial charge in [0.05, 0.1) is 30.7 Å². The number of nitrogens with one attached hydrogen (secondary N) is 1. The first-order valence-electron chi connectivity index (χ1n) is 9.36. The Morgan fingerprint density at radius 3 is 2.49 bits per heavy atom. The summed E-state index contributed by atoms with van der Waals surface area (Å²) < 4.78 is 57.1. The summed E-state index contributed by atoms with van der Waals surface area (Å²) in [6.07, 6.45) is -0.698. The van der Waals surface area contributed by atoms with E-state index in [0.717, 1.165) is 6.26 Å². The third-order valence-electron chi connectivity index (χ3n) is 4.23. The van der Waals surface area contributed by atoms with Crippen LogP contribution in [0.2, 0.25) is 0 Å². The molecule has 35 heavy (non-hydrogen) atoms. The fraction of sp³-hybridized carbons (Fsp3) is 0.438. The zero-order valence-electron chi connectivity index (χ0n) is 17.6. The second kappa shape index (κ2) is 11.9. The number of hydrogen-bond donors (Lipinski definition) is 6. The van der Waals surface area contributed by atoms with Crippen molar-refractivity contribution in [2.45, 2.75) is 24.7 Å². The minimum atomic E-state index is -5.71. The van der Waals surface area contributed by atoms with E-state index in [1.165, 1.54) is 6.08 Å². The zero-order chi connectivity index (χ0) is 26.4. The van der Waals surface area contributed by atoms with E-state index in [1.807, 2.05) is 0 Å². The van der Waals surface area contributed by atoms with Crippen molar-refractivity contribution in [3.63, 3.8) is 0 Å². The van der Waals surface area contributed by atoms with E-state index in [1.54, 1.807) is 0 Å². The predicted molar refractivity (Wildman–Crippen MR) is 113 cm³/mol. The fourth-order valence-corrected chi connectivity index (χ4v) is 6.02. The molecule has 0 aliphatic carbocycles. The highest BCUT2D eigenvalue weighted by atomic mass is 31.3. The summed E-state index contributed by atoms with van der Waals surface area (Å²) in [5.41, 5.74) is 7.60. The van der Waals surface area contributed by atoms with Crippen LogP contribution in [0.25, 0.3) is 0 Å². The highest BCUT2D eigenvalue weighted by Crippen LogP contribution is 2.66. The number of phosphoric ester groups is 1. The van der Waals surface area contributed by atoms with Crippen LogP contribution in [0.3, 0.4) is 0 Å². The summed E-state index contributed by atoms with van der Waals surface area (Å²) in [7, 11) is -16.7. The van der Waals surface area contributed by atoms with Gasteiger partial charge in [-0.2, -0.15) is 8.62 Å². The molecule has 19 heteroatoms. The first kappa shape index (κ1) is 29.3. The zero-order valence-corrected chi connectivity index (χ0v) is 20.3. The van der Waals surface area contributed by atoms with Gasteiger partial charge in [0.25, 0.3) is 5.91 Å². The van der Waals surface area contributed by atoms with Crippen LogP contribution in [0, 0.1) is 17.8 Å². The largest absolute Gasteiger partial charge is 0.490 e. The van der Waals surface area contributed by atoms with Crippen LogP contribution in [-0.4, -0.2) is 62.9 Å². The van der Waals surface area contributed by atoms with Gasteiger partial charge < -0.3 is 34.8 Å². The lowest BCUT2D eigenvalue weighted by Gasteiger charge is -2.23. The number of nitrogens with two attached hydrogens (primary N) is 1. The van der Waals surface area contributed by atoms with Gasteiger partial charge in [-0.15, -0.1) is 0 Å². The van der Waals surface area contributed by atoms with Crippen LogP contribution in [-0.2, 0) is 45.9 Å². The molecular formula is C16H21N2O14P3. The van der Waals surface area contributed by atoms with E-state index in [4.69, 9.17) is 25.0 Å². The lowest BCUT2D eigenvalue weighted by atomic mass is 9.92. The SMILES string of the molecule is C=C=CO[C@H]1C[C@H](C2C=C(C#CCN)C(=O)NC2=O)O[C@@H]1COP(=O)(O)OP(=O)(O)OP(=O)(O)O. The van der Waals surface area contributed by atoms with Gasteiger partial charge in [-0.25, -0.2) is 13.7 Å². The van der Waals surface area contributed by atoms with E-state index in [0.29, 0.717) is 0 Å². The van der Waals surface area contributed by atoms with E-state index in [-0.39, 0.29) is 18.5 Å². The molecule has 1 saturated heterocycles. The minimum Gasteiger partial charge on any atom is -0.487 e. The second-order valence-electron chi connectivity index (χ2n) is 6.76. The van der Waals surface area contributed by atoms with Crippen molar-refractivity contribution in [2.24, 2.45) is 11.7 Å². The molecule has 194 valence electrons. The summed E-state index contributed by atoms with van der Waals surface area (Å²) in [6.45, 7) is 2.47. The molecule has 2 amide bonds. The summed E-state index contributed by atoms with van der Waals surface area (Å²) >= 11 is 0. The molecule has 2 heterocycles. The Labute approximate surface area is 198 Å². The standard InChI is InChI=1S/C16H21N2O14P3/c1-2-6-28-13-8-12(11-7-10(4-3-5-17)15(19)18-16(11)20)30-14(13)9-29-34(24,25)32-35(26,27)31-33(21,22)23/h6-7,11-14H,1,5,8-9,17H2,(H,24,25)(H,26,27)(H,18,19,20)(H2,21,22,23)/t11?,12-,13+,14-/m1/s1. The normalized spacial score (nSPS) is 27.9. The molecule has 7 N–H and O–H groups in total. The Hall–Kier alpha value is -1.91. The van der Waals surface area contributed by atoms with E-state index in [9.17, 15) is 33.1 Å². The summed E-state index contributed by atoms with van der Waals surface area (Å²) in [5.74, 6) is 2.56. The van der Waals surface area contributed by atoms with Gasteiger partial charge in [0, 0.05) is 6.42 Å². The molecule has 1 fully saturated rings. The van der Waals surface area contributed by atoms with Gasteiger partial charge in [0.2, 0.25) is 5.91 Å². The minimum absolute atomic E-state index is 0.00296. The molecular weight excluding hydrogens is 537 g/mol. The third kappa shape index (κ3) is 9.24. The fourth-order valence-electron chi connectivity index (χ4n) is 2.99. The van der Waals surface area contributed by atoms with Crippen LogP contribution in [0.15, 0.2) is 30.2 Å². The molecule has 16 nitrogen and oxygen atoms in total. The van der Waals surface area contributed by atoms with Crippen molar-refractivity contribution in [1.82, 2.24) is 5.32 Å². The summed E-state index contributed by atoms with van der Waals surface area (Å²) in [5, 5.41) is 2.13. The van der Waals surface area contributed by atoms with Gasteiger partial charge in [0.1, 0.15) is 18.5 Å². The van der Waals surface area contributed by atoms with Gasteiger partial charge in [-0.05, 0) is 6.08 Å². The number of carbonyl (C=O) groups is 2. The van der Waals surface area contributed by atoms with Gasteiger partial charge >= 0.3 is 23.5 Å². The molecule has 0 spiro atoms. The number of imide groups is 1. The Balaban J connectivity index is 2.16. The van der Waals surface area contributed by atoms with Crippen LogP contribution in [0.4, 0.5) is 0 Å². The molecule has 0 saturated carbocycles. The van der Waals surface area contributed by atoms with Crippen LogP contribution < -0.4 is 11.1 Å².